The van der Waals surface area contributed by atoms with Gasteiger partial charge in [-0.3, -0.25) is 4.79 Å². The van der Waals surface area contributed by atoms with Crippen molar-refractivity contribution < 1.29 is 20.1 Å². The highest BCUT2D eigenvalue weighted by atomic mass is 16.3. The van der Waals surface area contributed by atoms with Gasteiger partial charge in [-0.15, -0.1) is 0 Å². The van der Waals surface area contributed by atoms with Crippen LogP contribution in [0.5, 0.6) is 0 Å². The lowest BCUT2D eigenvalue weighted by molar-refractivity contribution is -0.124. The Morgan fingerprint density at radius 3 is 1.02 bits per heavy atom. The van der Waals surface area contributed by atoms with Crippen molar-refractivity contribution in [1.82, 2.24) is 5.32 Å². The summed E-state index contributed by atoms with van der Waals surface area (Å²) in [5.74, 6) is -0.322. The Morgan fingerprint density at radius 1 is 0.397 bits per heavy atom. The molecule has 0 aromatic rings. The van der Waals surface area contributed by atoms with Gasteiger partial charge in [-0.1, -0.05) is 301 Å². The first-order valence-corrected chi connectivity index (χ1v) is 28.6. The molecule has 0 aliphatic heterocycles. The molecular formula is C58H113NO4. The molecule has 0 fully saturated rings. The minimum atomic E-state index is -0.948. The molecule has 0 aromatic heterocycles. The molecule has 3 atom stereocenters. The average molecular weight is 889 g/mol. The van der Waals surface area contributed by atoms with Gasteiger partial charge in [0.25, 0.3) is 0 Å². The maximum atomic E-state index is 12.5. The van der Waals surface area contributed by atoms with E-state index in [1.54, 1.807) is 6.08 Å². The van der Waals surface area contributed by atoms with Crippen LogP contribution in [0.4, 0.5) is 0 Å². The molecule has 0 aromatic carbocycles. The quantitative estimate of drug-likeness (QED) is 0.0362. The lowest BCUT2D eigenvalue weighted by Gasteiger charge is -2.21. The van der Waals surface area contributed by atoms with Gasteiger partial charge in [0.1, 0.15) is 0 Å². The van der Waals surface area contributed by atoms with Crippen LogP contribution in [0.2, 0.25) is 0 Å². The number of allylic oxidation sites excluding steroid dienone is 3. The molecular weight excluding hydrogens is 775 g/mol. The number of unbranched alkanes of at least 4 members (excludes halogenated alkanes) is 42. The fourth-order valence-electron chi connectivity index (χ4n) is 9.12. The lowest BCUT2D eigenvalue weighted by Crippen LogP contribution is -2.45. The summed E-state index contributed by atoms with van der Waals surface area (Å²) in [6, 6.07) is -0.757. The maximum absolute atomic E-state index is 12.5. The minimum Gasteiger partial charge on any atom is -0.394 e. The van der Waals surface area contributed by atoms with Gasteiger partial charge in [0.05, 0.1) is 31.3 Å². The Bertz CT molecular complexity index is 936. The van der Waals surface area contributed by atoms with Gasteiger partial charge in [0.15, 0.2) is 0 Å². The fraction of sp³-hybridized carbons (Fsp3) is 0.914. The van der Waals surface area contributed by atoms with Gasteiger partial charge in [-0.2, -0.15) is 0 Å². The normalized spacial score (nSPS) is 13.4. The molecule has 1 amide bonds. The van der Waals surface area contributed by atoms with E-state index in [1.165, 1.54) is 257 Å². The van der Waals surface area contributed by atoms with Crippen molar-refractivity contribution in [3.05, 3.63) is 24.3 Å². The summed E-state index contributed by atoms with van der Waals surface area (Å²) in [5.41, 5.74) is 0. The molecule has 374 valence electrons. The van der Waals surface area contributed by atoms with Crippen LogP contribution < -0.4 is 5.32 Å². The number of hydrogen-bond donors (Lipinski definition) is 4. The summed E-state index contributed by atoms with van der Waals surface area (Å²) >= 11 is 0. The molecule has 4 N–H and O–H groups in total. The highest BCUT2D eigenvalue weighted by Crippen LogP contribution is 2.18. The number of hydrogen-bond acceptors (Lipinski definition) is 4. The first kappa shape index (κ1) is 61.8. The highest BCUT2D eigenvalue weighted by Gasteiger charge is 2.20. The monoisotopic (exact) mass is 888 g/mol. The van der Waals surface area contributed by atoms with E-state index in [2.05, 4.69) is 31.3 Å². The van der Waals surface area contributed by atoms with Crippen LogP contribution in [0, 0.1) is 0 Å². The maximum Gasteiger partial charge on any atom is 0.222 e. The topological polar surface area (TPSA) is 89.8 Å². The summed E-state index contributed by atoms with van der Waals surface area (Å²) in [4.78, 5) is 12.5. The predicted octanol–water partition coefficient (Wildman–Crippen LogP) is 17.7. The molecule has 5 heteroatoms. The van der Waals surface area contributed by atoms with Crippen molar-refractivity contribution in [3.8, 4) is 0 Å². The molecule has 63 heavy (non-hydrogen) atoms. The third kappa shape index (κ3) is 50.1. The second kappa shape index (κ2) is 53.4. The SMILES string of the molecule is CCCCCCC/C=C/CC/C=C/C(O)C(CO)NC(=O)CC(O)CCCCCCCCCCCCCCCCCCCCCCCCCCCCCCCCCCCCCCC. The predicted molar refractivity (Wildman–Crippen MR) is 278 cm³/mol. The molecule has 0 saturated heterocycles. The summed E-state index contributed by atoms with van der Waals surface area (Å²) in [6.45, 7) is 4.20. The van der Waals surface area contributed by atoms with E-state index in [-0.39, 0.29) is 18.9 Å². The van der Waals surface area contributed by atoms with Crippen molar-refractivity contribution in [2.45, 2.75) is 334 Å². The van der Waals surface area contributed by atoms with Crippen LogP contribution in [0.1, 0.15) is 316 Å². The lowest BCUT2D eigenvalue weighted by atomic mass is 10.0. The number of carbonyl (C=O) groups excluding carboxylic acids is 1. The second-order valence-electron chi connectivity index (χ2n) is 19.9. The number of rotatable bonds is 53. The highest BCUT2D eigenvalue weighted by molar-refractivity contribution is 5.76. The third-order valence-electron chi connectivity index (χ3n) is 13.5. The average Bonchev–Trinajstić information content (AvgIpc) is 3.28. The van der Waals surface area contributed by atoms with E-state index in [4.69, 9.17) is 0 Å². The Labute approximate surface area is 394 Å². The fourth-order valence-corrected chi connectivity index (χ4v) is 9.12. The Balaban J connectivity index is 3.40. The molecule has 3 unspecified atom stereocenters. The van der Waals surface area contributed by atoms with Crippen LogP contribution >= 0.6 is 0 Å². The largest absolute Gasteiger partial charge is 0.394 e. The van der Waals surface area contributed by atoms with Crippen LogP contribution in [0.3, 0.4) is 0 Å². The molecule has 0 saturated carbocycles. The summed E-state index contributed by atoms with van der Waals surface area (Å²) in [7, 11) is 0. The van der Waals surface area contributed by atoms with E-state index >= 15 is 0 Å². The van der Waals surface area contributed by atoms with Crippen molar-refractivity contribution in [2.75, 3.05) is 6.61 Å². The van der Waals surface area contributed by atoms with Gasteiger partial charge in [-0.25, -0.2) is 0 Å². The van der Waals surface area contributed by atoms with Crippen LogP contribution in [0.15, 0.2) is 24.3 Å². The van der Waals surface area contributed by atoms with Crippen molar-refractivity contribution in [1.29, 1.82) is 0 Å². The van der Waals surface area contributed by atoms with Crippen molar-refractivity contribution >= 4 is 5.91 Å². The van der Waals surface area contributed by atoms with E-state index < -0.39 is 18.2 Å². The number of aliphatic hydroxyl groups excluding tert-OH is 3. The van der Waals surface area contributed by atoms with Gasteiger partial charge >= 0.3 is 0 Å². The van der Waals surface area contributed by atoms with Crippen LogP contribution in [-0.4, -0.2) is 46.1 Å². The summed E-state index contributed by atoms with van der Waals surface area (Å²) < 4.78 is 0. The zero-order valence-electron chi connectivity index (χ0n) is 42.7. The van der Waals surface area contributed by atoms with E-state index in [1.807, 2.05) is 6.08 Å². The third-order valence-corrected chi connectivity index (χ3v) is 13.5. The van der Waals surface area contributed by atoms with Gasteiger partial charge in [0, 0.05) is 0 Å². The molecule has 0 radical (unpaired) electrons. The molecule has 0 heterocycles. The standard InChI is InChI=1S/C58H113NO4/c1-3-5-7-9-11-13-15-16-17-18-19-20-21-22-23-24-25-26-27-28-29-30-31-32-33-34-35-36-37-38-39-40-42-43-45-47-49-51-55(61)53-58(63)59-56(54-60)57(62)52-50-48-46-44-41-14-12-10-8-6-4-2/h41,44,50,52,55-57,60-62H,3-40,42-43,45-49,51,53-54H2,1-2H3,(H,59,63)/b44-41+,52-50+. The van der Waals surface area contributed by atoms with Crippen molar-refractivity contribution in [2.24, 2.45) is 0 Å². The van der Waals surface area contributed by atoms with E-state index in [0.717, 1.165) is 32.1 Å². The van der Waals surface area contributed by atoms with Crippen molar-refractivity contribution in [3.63, 3.8) is 0 Å². The summed E-state index contributed by atoms with van der Waals surface area (Å²) in [5, 5.41) is 33.2. The van der Waals surface area contributed by atoms with Gasteiger partial charge < -0.3 is 20.6 Å². The smallest absolute Gasteiger partial charge is 0.222 e. The van der Waals surface area contributed by atoms with Crippen LogP contribution in [0.25, 0.3) is 0 Å². The van der Waals surface area contributed by atoms with E-state index in [9.17, 15) is 20.1 Å². The number of carbonyl (C=O) groups is 1. The zero-order chi connectivity index (χ0) is 45.8. The minimum absolute atomic E-state index is 0.00980. The first-order chi connectivity index (χ1) is 31.0. The zero-order valence-corrected chi connectivity index (χ0v) is 42.7. The Hall–Kier alpha value is -1.17. The van der Waals surface area contributed by atoms with Gasteiger partial charge in [0.2, 0.25) is 5.91 Å². The molecule has 5 nitrogen and oxygen atoms in total. The molecule has 0 spiro atoms. The Morgan fingerprint density at radius 2 is 0.683 bits per heavy atom. The molecule has 0 aliphatic rings. The second-order valence-corrected chi connectivity index (χ2v) is 19.9. The molecule has 0 rings (SSSR count). The summed E-state index contributed by atoms with van der Waals surface area (Å²) in [6.07, 6.45) is 68.4. The Kier molecular flexibility index (Phi) is 52.5. The number of amides is 1. The number of nitrogens with one attached hydrogen (secondary N) is 1. The molecule has 0 bridgehead atoms. The van der Waals surface area contributed by atoms with Crippen LogP contribution in [-0.2, 0) is 4.79 Å². The van der Waals surface area contributed by atoms with Gasteiger partial charge in [-0.05, 0) is 32.1 Å². The molecule has 0 aliphatic carbocycles. The first-order valence-electron chi connectivity index (χ1n) is 28.6. The van der Waals surface area contributed by atoms with E-state index in [0.29, 0.717) is 6.42 Å². The number of aliphatic hydroxyl groups is 3.